The van der Waals surface area contributed by atoms with E-state index in [4.69, 9.17) is 4.74 Å². The van der Waals surface area contributed by atoms with E-state index in [9.17, 15) is 9.59 Å². The Morgan fingerprint density at radius 3 is 2.42 bits per heavy atom. The molecule has 6 heteroatoms. The van der Waals surface area contributed by atoms with Gasteiger partial charge in [0.2, 0.25) is 11.8 Å². The number of ether oxygens (including phenoxy) is 1. The van der Waals surface area contributed by atoms with Gasteiger partial charge in [-0.05, 0) is 49.9 Å². The first kappa shape index (κ1) is 18.7. The van der Waals surface area contributed by atoms with Gasteiger partial charge in [-0.3, -0.25) is 9.59 Å². The van der Waals surface area contributed by atoms with E-state index in [0.29, 0.717) is 26.3 Å². The molecule has 1 aromatic rings. The minimum atomic E-state index is -0.0146. The Morgan fingerprint density at radius 1 is 1.15 bits per heavy atom. The van der Waals surface area contributed by atoms with E-state index in [2.05, 4.69) is 22.3 Å². The van der Waals surface area contributed by atoms with Crippen molar-refractivity contribution in [2.75, 3.05) is 49.2 Å². The third-order valence-electron chi connectivity index (χ3n) is 5.24. The second kappa shape index (κ2) is 9.03. The summed E-state index contributed by atoms with van der Waals surface area (Å²) < 4.78 is 5.29. The Morgan fingerprint density at radius 2 is 1.81 bits per heavy atom. The van der Waals surface area contributed by atoms with Crippen LogP contribution in [0.2, 0.25) is 0 Å². The van der Waals surface area contributed by atoms with Gasteiger partial charge in [0.15, 0.2) is 0 Å². The van der Waals surface area contributed by atoms with Crippen LogP contribution in [-0.2, 0) is 14.3 Å². The fourth-order valence-electron chi connectivity index (χ4n) is 3.68. The molecule has 2 aliphatic heterocycles. The third-order valence-corrected chi connectivity index (χ3v) is 5.24. The molecule has 0 aliphatic carbocycles. The number of hydrogen-bond donors (Lipinski definition) is 1. The molecule has 3 rings (SSSR count). The molecule has 0 aromatic heterocycles. The SMILES string of the molecule is CC(=O)N(CCNC(=O)C1CCOCC1)c1ccc(N2CCCC2)cc1. The van der Waals surface area contributed by atoms with E-state index in [1.165, 1.54) is 18.5 Å². The van der Waals surface area contributed by atoms with E-state index >= 15 is 0 Å². The predicted molar refractivity (Wildman–Crippen MR) is 102 cm³/mol. The van der Waals surface area contributed by atoms with E-state index < -0.39 is 0 Å². The van der Waals surface area contributed by atoms with Crippen LogP contribution in [0.5, 0.6) is 0 Å². The van der Waals surface area contributed by atoms with Crippen LogP contribution in [0, 0.1) is 5.92 Å². The van der Waals surface area contributed by atoms with Crippen molar-refractivity contribution < 1.29 is 14.3 Å². The number of nitrogens with zero attached hydrogens (tertiary/aromatic N) is 2. The van der Waals surface area contributed by atoms with Crippen molar-refractivity contribution in [2.45, 2.75) is 32.6 Å². The Balaban J connectivity index is 1.53. The van der Waals surface area contributed by atoms with Crippen LogP contribution < -0.4 is 15.1 Å². The Labute approximate surface area is 155 Å². The molecule has 1 N–H and O–H groups in total. The first-order chi connectivity index (χ1) is 12.6. The molecule has 0 spiro atoms. The maximum atomic E-state index is 12.2. The fraction of sp³-hybridized carbons (Fsp3) is 0.600. The normalized spacial score (nSPS) is 18.0. The molecule has 142 valence electrons. The van der Waals surface area contributed by atoms with E-state index in [0.717, 1.165) is 31.6 Å². The average Bonchev–Trinajstić information content (AvgIpc) is 3.20. The van der Waals surface area contributed by atoms with Gasteiger partial charge < -0.3 is 19.9 Å². The monoisotopic (exact) mass is 359 g/mol. The summed E-state index contributed by atoms with van der Waals surface area (Å²) in [5.74, 6) is 0.0923. The molecule has 0 radical (unpaired) electrons. The van der Waals surface area contributed by atoms with Crippen molar-refractivity contribution in [2.24, 2.45) is 5.92 Å². The van der Waals surface area contributed by atoms with Crippen LogP contribution in [0.25, 0.3) is 0 Å². The molecular formula is C20H29N3O3. The highest BCUT2D eigenvalue weighted by Crippen LogP contribution is 2.24. The molecule has 0 bridgehead atoms. The summed E-state index contributed by atoms with van der Waals surface area (Å²) in [5, 5.41) is 2.97. The minimum Gasteiger partial charge on any atom is -0.381 e. The van der Waals surface area contributed by atoms with E-state index in [1.54, 1.807) is 11.8 Å². The maximum Gasteiger partial charge on any atom is 0.223 e. The van der Waals surface area contributed by atoms with Crippen molar-refractivity contribution in [1.82, 2.24) is 5.32 Å². The van der Waals surface area contributed by atoms with Gasteiger partial charge >= 0.3 is 0 Å². The summed E-state index contributed by atoms with van der Waals surface area (Å²) in [6.45, 7) is 6.02. The first-order valence-electron chi connectivity index (χ1n) is 9.64. The van der Waals surface area contributed by atoms with Gasteiger partial charge in [-0.1, -0.05) is 0 Å². The molecule has 0 saturated carbocycles. The lowest BCUT2D eigenvalue weighted by Gasteiger charge is -2.25. The summed E-state index contributed by atoms with van der Waals surface area (Å²) in [7, 11) is 0. The van der Waals surface area contributed by atoms with Gasteiger partial charge in [-0.25, -0.2) is 0 Å². The van der Waals surface area contributed by atoms with Crippen LogP contribution in [0.1, 0.15) is 32.6 Å². The largest absolute Gasteiger partial charge is 0.381 e. The van der Waals surface area contributed by atoms with Gasteiger partial charge in [0, 0.05) is 63.6 Å². The Hall–Kier alpha value is -2.08. The van der Waals surface area contributed by atoms with Crippen molar-refractivity contribution in [3.8, 4) is 0 Å². The van der Waals surface area contributed by atoms with Crippen LogP contribution in [0.15, 0.2) is 24.3 Å². The lowest BCUT2D eigenvalue weighted by molar-refractivity contribution is -0.127. The van der Waals surface area contributed by atoms with Crippen molar-refractivity contribution in [1.29, 1.82) is 0 Å². The molecule has 1 aromatic carbocycles. The van der Waals surface area contributed by atoms with Gasteiger partial charge in [-0.2, -0.15) is 0 Å². The molecule has 2 saturated heterocycles. The second-order valence-electron chi connectivity index (χ2n) is 7.06. The zero-order chi connectivity index (χ0) is 18.4. The molecule has 2 aliphatic rings. The molecule has 2 heterocycles. The number of carbonyl (C=O) groups is 2. The maximum absolute atomic E-state index is 12.2. The summed E-state index contributed by atoms with van der Waals surface area (Å²) in [6, 6.07) is 8.15. The lowest BCUT2D eigenvalue weighted by Crippen LogP contribution is -2.40. The van der Waals surface area contributed by atoms with E-state index in [1.807, 2.05) is 12.1 Å². The standard InChI is InChI=1S/C20H29N3O3/c1-16(24)23(13-10-21-20(25)17-8-14-26-15-9-17)19-6-4-18(5-7-19)22-11-2-3-12-22/h4-7,17H,2-3,8-15H2,1H3,(H,21,25). The second-order valence-corrected chi connectivity index (χ2v) is 7.06. The molecule has 2 fully saturated rings. The van der Waals surface area contributed by atoms with Crippen molar-refractivity contribution in [3.63, 3.8) is 0 Å². The topological polar surface area (TPSA) is 61.9 Å². The first-order valence-corrected chi connectivity index (χ1v) is 9.64. The highest BCUT2D eigenvalue weighted by Gasteiger charge is 2.21. The van der Waals surface area contributed by atoms with Gasteiger partial charge in [-0.15, -0.1) is 0 Å². The third kappa shape index (κ3) is 4.75. The summed E-state index contributed by atoms with van der Waals surface area (Å²) in [4.78, 5) is 28.3. The smallest absolute Gasteiger partial charge is 0.223 e. The highest BCUT2D eigenvalue weighted by atomic mass is 16.5. The van der Waals surface area contributed by atoms with Crippen LogP contribution in [0.4, 0.5) is 11.4 Å². The zero-order valence-corrected chi connectivity index (χ0v) is 15.6. The van der Waals surface area contributed by atoms with E-state index in [-0.39, 0.29) is 17.7 Å². The quantitative estimate of drug-likeness (QED) is 0.846. The average molecular weight is 359 g/mol. The molecular weight excluding hydrogens is 330 g/mol. The van der Waals surface area contributed by atoms with Gasteiger partial charge in [0.25, 0.3) is 0 Å². The number of anilines is 2. The molecule has 26 heavy (non-hydrogen) atoms. The van der Waals surface area contributed by atoms with Crippen molar-refractivity contribution in [3.05, 3.63) is 24.3 Å². The number of benzene rings is 1. The summed E-state index contributed by atoms with van der Waals surface area (Å²) in [5.41, 5.74) is 2.09. The number of hydrogen-bond acceptors (Lipinski definition) is 4. The molecule has 0 unspecified atom stereocenters. The van der Waals surface area contributed by atoms with Crippen molar-refractivity contribution >= 4 is 23.2 Å². The number of amides is 2. The summed E-state index contributed by atoms with van der Waals surface area (Å²) >= 11 is 0. The molecule has 2 amide bonds. The Bertz CT molecular complexity index is 605. The summed E-state index contributed by atoms with van der Waals surface area (Å²) in [6.07, 6.45) is 4.04. The number of rotatable bonds is 6. The molecule has 0 atom stereocenters. The number of nitrogens with one attached hydrogen (secondary N) is 1. The van der Waals surface area contributed by atoms with Crippen LogP contribution >= 0.6 is 0 Å². The number of carbonyl (C=O) groups excluding carboxylic acids is 2. The van der Waals surface area contributed by atoms with Crippen LogP contribution in [0.3, 0.4) is 0 Å². The van der Waals surface area contributed by atoms with Gasteiger partial charge in [0.1, 0.15) is 0 Å². The minimum absolute atomic E-state index is 0.0146. The van der Waals surface area contributed by atoms with Gasteiger partial charge in [0.05, 0.1) is 0 Å². The highest BCUT2D eigenvalue weighted by molar-refractivity contribution is 5.91. The molecule has 6 nitrogen and oxygen atoms in total. The zero-order valence-electron chi connectivity index (χ0n) is 15.6. The Kier molecular flexibility index (Phi) is 6.50. The predicted octanol–water partition coefficient (Wildman–Crippen LogP) is 2.18. The van der Waals surface area contributed by atoms with Crippen LogP contribution in [-0.4, -0.2) is 51.2 Å². The lowest BCUT2D eigenvalue weighted by atomic mass is 9.99. The fourth-order valence-corrected chi connectivity index (χ4v) is 3.68.